The third-order valence-electron chi connectivity index (χ3n) is 3.01. The second-order valence-corrected chi connectivity index (χ2v) is 5.48. The lowest BCUT2D eigenvalue weighted by Gasteiger charge is -2.08. The molecule has 0 atom stereocenters. The van der Waals surface area contributed by atoms with Crippen molar-refractivity contribution in [1.29, 1.82) is 0 Å². The van der Waals surface area contributed by atoms with Gasteiger partial charge in [0.1, 0.15) is 11.5 Å². The van der Waals surface area contributed by atoms with Gasteiger partial charge >= 0.3 is 0 Å². The third kappa shape index (κ3) is 3.85. The number of carbonyl (C=O) groups is 1. The minimum atomic E-state index is -0.434. The summed E-state index contributed by atoms with van der Waals surface area (Å²) >= 11 is 3.34. The highest BCUT2D eigenvalue weighted by Crippen LogP contribution is 2.23. The smallest absolute Gasteiger partial charge is 0.271 e. The molecule has 2 aromatic rings. The average molecular weight is 363 g/mol. The molecule has 0 saturated heterocycles. The molecule has 6 heteroatoms. The van der Waals surface area contributed by atoms with Gasteiger partial charge in [0.25, 0.3) is 5.91 Å². The highest BCUT2D eigenvalue weighted by Gasteiger charge is 2.10. The molecule has 0 aliphatic rings. The second kappa shape index (κ2) is 7.09. The van der Waals surface area contributed by atoms with E-state index < -0.39 is 5.91 Å². The van der Waals surface area contributed by atoms with Crippen LogP contribution in [0.1, 0.15) is 29.3 Å². The van der Waals surface area contributed by atoms with E-state index in [1.54, 1.807) is 30.3 Å². The fourth-order valence-electron chi connectivity index (χ4n) is 1.90. The molecule has 5 nitrogen and oxygen atoms in total. The first-order valence-corrected chi connectivity index (χ1v) is 7.45. The molecule has 0 spiro atoms. The lowest BCUT2D eigenvalue weighted by Crippen LogP contribution is -2.20. The molecule has 0 saturated carbocycles. The normalized spacial score (nSPS) is 11.3. The quantitative estimate of drug-likeness (QED) is 0.575. The number of rotatable bonds is 4. The number of benzene rings is 2. The van der Waals surface area contributed by atoms with E-state index in [0.717, 1.165) is 4.47 Å². The van der Waals surface area contributed by atoms with Crippen molar-refractivity contribution < 1.29 is 15.0 Å². The van der Waals surface area contributed by atoms with Crippen molar-refractivity contribution in [1.82, 2.24) is 5.43 Å². The van der Waals surface area contributed by atoms with E-state index in [1.165, 1.54) is 12.1 Å². The first kappa shape index (κ1) is 16.0. The SMILES string of the molecule is CC/C(=N\NC(=O)c1cccc(O)c1)c1cc(Br)ccc1O. The minimum absolute atomic E-state index is 0.0111. The molecule has 2 aromatic carbocycles. The van der Waals surface area contributed by atoms with Gasteiger partial charge in [-0.1, -0.05) is 28.9 Å². The number of nitrogens with zero attached hydrogens (tertiary/aromatic N) is 1. The Hall–Kier alpha value is -2.34. The molecule has 1 amide bonds. The summed E-state index contributed by atoms with van der Waals surface area (Å²) < 4.78 is 0.806. The van der Waals surface area contributed by atoms with Crippen molar-refractivity contribution >= 4 is 27.5 Å². The Kier molecular flexibility index (Phi) is 5.16. The van der Waals surface area contributed by atoms with Crippen LogP contribution in [-0.4, -0.2) is 21.8 Å². The Labute approximate surface area is 136 Å². The topological polar surface area (TPSA) is 81.9 Å². The van der Waals surface area contributed by atoms with E-state index in [0.29, 0.717) is 23.3 Å². The first-order chi connectivity index (χ1) is 10.5. The van der Waals surface area contributed by atoms with Gasteiger partial charge in [-0.05, 0) is 42.8 Å². The molecule has 0 radical (unpaired) electrons. The summed E-state index contributed by atoms with van der Waals surface area (Å²) in [5.41, 5.74) is 3.83. The number of carbonyl (C=O) groups excluding carboxylic acids is 1. The van der Waals surface area contributed by atoms with E-state index in [9.17, 15) is 15.0 Å². The lowest BCUT2D eigenvalue weighted by molar-refractivity contribution is 0.0954. The molecule has 0 fully saturated rings. The number of phenolic OH excluding ortho intramolecular Hbond substituents is 2. The van der Waals surface area contributed by atoms with E-state index in [4.69, 9.17) is 0 Å². The molecule has 0 bridgehead atoms. The van der Waals surface area contributed by atoms with E-state index in [2.05, 4.69) is 26.5 Å². The van der Waals surface area contributed by atoms with Gasteiger partial charge in [0, 0.05) is 15.6 Å². The number of hydrogen-bond donors (Lipinski definition) is 3. The van der Waals surface area contributed by atoms with Gasteiger partial charge in [-0.25, -0.2) is 5.43 Å². The fourth-order valence-corrected chi connectivity index (χ4v) is 2.26. The highest BCUT2D eigenvalue weighted by atomic mass is 79.9. The molecular formula is C16H15BrN2O3. The molecule has 0 aliphatic carbocycles. The van der Waals surface area contributed by atoms with Crippen LogP contribution in [0.15, 0.2) is 52.0 Å². The molecule has 22 heavy (non-hydrogen) atoms. The maximum Gasteiger partial charge on any atom is 0.271 e. The number of phenols is 2. The molecule has 0 heterocycles. The Morgan fingerprint density at radius 2 is 2.00 bits per heavy atom. The van der Waals surface area contributed by atoms with Crippen LogP contribution in [0, 0.1) is 0 Å². The van der Waals surface area contributed by atoms with Crippen LogP contribution in [-0.2, 0) is 0 Å². The van der Waals surface area contributed by atoms with Crippen molar-refractivity contribution in [2.45, 2.75) is 13.3 Å². The molecule has 2 rings (SSSR count). The average Bonchev–Trinajstić information content (AvgIpc) is 2.51. The molecule has 0 aromatic heterocycles. The Morgan fingerprint density at radius 3 is 2.68 bits per heavy atom. The van der Waals surface area contributed by atoms with E-state index >= 15 is 0 Å². The van der Waals surface area contributed by atoms with E-state index in [-0.39, 0.29) is 11.5 Å². The minimum Gasteiger partial charge on any atom is -0.508 e. The van der Waals surface area contributed by atoms with Gasteiger partial charge in [-0.2, -0.15) is 5.10 Å². The van der Waals surface area contributed by atoms with E-state index in [1.807, 2.05) is 6.92 Å². The van der Waals surface area contributed by atoms with Gasteiger partial charge in [0.15, 0.2) is 0 Å². The van der Waals surface area contributed by atoms with Crippen molar-refractivity contribution in [3.05, 3.63) is 58.1 Å². The molecular weight excluding hydrogens is 348 g/mol. The summed E-state index contributed by atoms with van der Waals surface area (Å²) in [4.78, 5) is 12.0. The van der Waals surface area contributed by atoms with Crippen molar-refractivity contribution in [3.63, 3.8) is 0 Å². The number of amides is 1. The summed E-state index contributed by atoms with van der Waals surface area (Å²) in [5, 5.41) is 23.4. The van der Waals surface area contributed by atoms with Crippen molar-refractivity contribution in [3.8, 4) is 11.5 Å². The molecule has 0 unspecified atom stereocenters. The molecule has 3 N–H and O–H groups in total. The molecule has 114 valence electrons. The van der Waals surface area contributed by atoms with Gasteiger partial charge in [0.2, 0.25) is 0 Å². The Bertz CT molecular complexity index is 729. The summed E-state index contributed by atoms with van der Waals surface area (Å²) in [7, 11) is 0. The van der Waals surface area contributed by atoms with Crippen molar-refractivity contribution in [2.75, 3.05) is 0 Å². The highest BCUT2D eigenvalue weighted by molar-refractivity contribution is 9.10. The summed E-state index contributed by atoms with van der Waals surface area (Å²) in [6.45, 7) is 1.87. The number of aromatic hydroxyl groups is 2. The zero-order valence-corrected chi connectivity index (χ0v) is 13.5. The van der Waals surface area contributed by atoms with Gasteiger partial charge in [-0.3, -0.25) is 4.79 Å². The van der Waals surface area contributed by atoms with Crippen LogP contribution < -0.4 is 5.43 Å². The second-order valence-electron chi connectivity index (χ2n) is 4.56. The van der Waals surface area contributed by atoms with Crippen molar-refractivity contribution in [2.24, 2.45) is 5.10 Å². The lowest BCUT2D eigenvalue weighted by atomic mass is 10.1. The maximum absolute atomic E-state index is 12.0. The zero-order valence-electron chi connectivity index (χ0n) is 11.9. The monoisotopic (exact) mass is 362 g/mol. The summed E-state index contributed by atoms with van der Waals surface area (Å²) in [6, 6.07) is 11.0. The molecule has 0 aliphatic heterocycles. The maximum atomic E-state index is 12.0. The van der Waals surface area contributed by atoms with Crippen LogP contribution in [0.3, 0.4) is 0 Å². The Morgan fingerprint density at radius 1 is 1.23 bits per heavy atom. The zero-order chi connectivity index (χ0) is 16.1. The van der Waals surface area contributed by atoms with Gasteiger partial charge in [-0.15, -0.1) is 0 Å². The van der Waals surface area contributed by atoms with Crippen LogP contribution in [0.2, 0.25) is 0 Å². The Balaban J connectivity index is 2.23. The van der Waals surface area contributed by atoms with Crippen LogP contribution in [0.5, 0.6) is 11.5 Å². The summed E-state index contributed by atoms with van der Waals surface area (Å²) in [6.07, 6.45) is 0.532. The van der Waals surface area contributed by atoms with Crippen LogP contribution >= 0.6 is 15.9 Å². The standard InChI is InChI=1S/C16H15BrN2O3/c1-2-14(13-9-11(17)6-7-15(13)21)18-19-16(22)10-4-3-5-12(20)8-10/h3-9,20-21H,2H2,1H3,(H,19,22)/b18-14+. The van der Waals surface area contributed by atoms with Crippen LogP contribution in [0.4, 0.5) is 0 Å². The third-order valence-corrected chi connectivity index (χ3v) is 3.50. The summed E-state index contributed by atoms with van der Waals surface area (Å²) in [5.74, 6) is -0.330. The predicted molar refractivity (Wildman–Crippen MR) is 88.2 cm³/mol. The number of halogens is 1. The number of hydrazone groups is 1. The largest absolute Gasteiger partial charge is 0.508 e. The number of nitrogens with one attached hydrogen (secondary N) is 1. The number of hydrogen-bond acceptors (Lipinski definition) is 4. The first-order valence-electron chi connectivity index (χ1n) is 6.66. The predicted octanol–water partition coefficient (Wildman–Crippen LogP) is 3.40. The van der Waals surface area contributed by atoms with Gasteiger partial charge < -0.3 is 10.2 Å². The fraction of sp³-hybridized carbons (Fsp3) is 0.125. The van der Waals surface area contributed by atoms with Crippen LogP contribution in [0.25, 0.3) is 0 Å². The van der Waals surface area contributed by atoms with Gasteiger partial charge in [0.05, 0.1) is 5.71 Å².